The zero-order valence-corrected chi connectivity index (χ0v) is 36.2. The van der Waals surface area contributed by atoms with E-state index in [0.717, 1.165) is 0 Å². The van der Waals surface area contributed by atoms with Gasteiger partial charge in [0.1, 0.15) is 0 Å². The van der Waals surface area contributed by atoms with Gasteiger partial charge in [-0.25, -0.2) is 0 Å². The van der Waals surface area contributed by atoms with Gasteiger partial charge in [0.25, 0.3) is 0 Å². The quantitative estimate of drug-likeness (QED) is 0.157. The van der Waals surface area contributed by atoms with Gasteiger partial charge in [0.05, 0.1) is 38.6 Å². The van der Waals surface area contributed by atoms with Crippen LogP contribution in [0.1, 0.15) is 0 Å². The first-order valence-electron chi connectivity index (χ1n) is 23.2. The molecule has 0 spiro atoms. The predicted octanol–water partition coefficient (Wildman–Crippen LogP) is 17.3. The van der Waals surface area contributed by atoms with E-state index in [-0.39, 0.29) is 0 Å². The molecule has 16 rings (SSSR count). The second kappa shape index (κ2) is 12.9. The van der Waals surface area contributed by atoms with Crippen LogP contribution < -0.4 is 0 Å². The Hall–Kier alpha value is -8.92. The molecule has 0 N–H and O–H groups in total. The average Bonchev–Trinajstić information content (AvgIpc) is 4.12. The number of para-hydroxylation sites is 5. The maximum atomic E-state index is 2.48. The highest BCUT2D eigenvalue weighted by molar-refractivity contribution is 6.26. The van der Waals surface area contributed by atoms with Crippen molar-refractivity contribution in [3.8, 4) is 33.6 Å². The second-order valence-electron chi connectivity index (χ2n) is 18.5. The summed E-state index contributed by atoms with van der Waals surface area (Å²) >= 11 is 0. The monoisotopic (exact) mass is 847 g/mol. The number of benzene rings is 12. The standard InChI is InChI=1S/C64H37N3/c1-2-12-46(13-3-1)65-56-18-8-4-14-48(56)52-34-38(26-28-60(52)65)44-30-40-22-24-42-32-45(33-43-25-23-41(31-44)62(40)63(42)43)39-27-29-61-53(35-39)49-15-5-9-19-57(49)66(61)47-36-54-50-16-6-10-20-58(50)67-59-21-11-7-17-51(59)55(37-47)64(54)67/h1-37H. The SMILES string of the molecule is c1ccc(-n2c3ccccc3c3cc(-c4cc5ccc6cc(-c7ccc8c(c7)c7ccccc7n8-c7cc8c9ccccc9n9c%10ccccc%10c(c7)c89)cc7ccc(c4)c5c67)ccc32)cc1. The van der Waals surface area contributed by atoms with Crippen molar-refractivity contribution in [2.75, 3.05) is 0 Å². The van der Waals surface area contributed by atoms with Crippen LogP contribution in [0.25, 0.3) is 148 Å². The molecule has 0 aliphatic heterocycles. The van der Waals surface area contributed by atoms with Crippen molar-refractivity contribution < 1.29 is 0 Å². The smallest absolute Gasteiger partial charge is 0.0622 e. The van der Waals surface area contributed by atoms with E-state index in [0.29, 0.717) is 0 Å². The first-order chi connectivity index (χ1) is 33.2. The van der Waals surface area contributed by atoms with Gasteiger partial charge >= 0.3 is 0 Å². The Balaban J connectivity index is 0.830. The van der Waals surface area contributed by atoms with E-state index in [1.54, 1.807) is 0 Å². The van der Waals surface area contributed by atoms with Crippen LogP contribution in [0.15, 0.2) is 224 Å². The third kappa shape index (κ3) is 4.74. The molecule has 67 heavy (non-hydrogen) atoms. The number of fused-ring (bicyclic) bond motifs is 12. The van der Waals surface area contributed by atoms with Crippen molar-refractivity contribution in [1.82, 2.24) is 13.5 Å². The molecule has 308 valence electrons. The number of nitrogens with zero attached hydrogens (tertiary/aromatic N) is 3. The van der Waals surface area contributed by atoms with Crippen molar-refractivity contribution in [3.63, 3.8) is 0 Å². The molecule has 16 aromatic rings. The summed E-state index contributed by atoms with van der Waals surface area (Å²) in [7, 11) is 0. The Labute approximate surface area is 383 Å². The predicted molar refractivity (Wildman–Crippen MR) is 284 cm³/mol. The molecular weight excluding hydrogens is 811 g/mol. The summed E-state index contributed by atoms with van der Waals surface area (Å²) in [5, 5.41) is 17.9. The van der Waals surface area contributed by atoms with E-state index in [1.165, 1.54) is 148 Å². The van der Waals surface area contributed by atoms with E-state index in [1.807, 2.05) is 0 Å². The van der Waals surface area contributed by atoms with Crippen LogP contribution in [-0.4, -0.2) is 13.5 Å². The lowest BCUT2D eigenvalue weighted by Gasteiger charge is -2.15. The van der Waals surface area contributed by atoms with Gasteiger partial charge in [-0.05, 0) is 152 Å². The summed E-state index contributed by atoms with van der Waals surface area (Å²) in [5.41, 5.74) is 15.9. The Kier molecular flexibility index (Phi) is 6.81. The van der Waals surface area contributed by atoms with Gasteiger partial charge in [-0.2, -0.15) is 0 Å². The molecule has 0 bridgehead atoms. The molecule has 0 atom stereocenters. The molecular formula is C64H37N3. The molecule has 0 aliphatic rings. The number of hydrogen-bond acceptors (Lipinski definition) is 0. The molecule has 0 saturated heterocycles. The number of aromatic nitrogens is 3. The highest BCUT2D eigenvalue weighted by Crippen LogP contribution is 2.45. The fraction of sp³-hybridized carbons (Fsp3) is 0. The summed E-state index contributed by atoms with van der Waals surface area (Å²) in [6.45, 7) is 0. The minimum Gasteiger partial charge on any atom is -0.309 e. The lowest BCUT2D eigenvalue weighted by atomic mass is 9.89. The van der Waals surface area contributed by atoms with Crippen LogP contribution >= 0.6 is 0 Å². The van der Waals surface area contributed by atoms with Crippen LogP contribution in [-0.2, 0) is 0 Å². The molecule has 3 heteroatoms. The topological polar surface area (TPSA) is 14.3 Å². The summed E-state index contributed by atoms with van der Waals surface area (Å²) < 4.78 is 7.32. The van der Waals surface area contributed by atoms with Gasteiger partial charge in [0, 0.05) is 54.5 Å². The highest BCUT2D eigenvalue weighted by Gasteiger charge is 2.22. The Morgan fingerprint density at radius 3 is 1.06 bits per heavy atom. The summed E-state index contributed by atoms with van der Waals surface area (Å²) in [6, 6.07) is 83.8. The normalized spacial score (nSPS) is 12.5. The minimum atomic E-state index is 1.18. The van der Waals surface area contributed by atoms with Crippen LogP contribution in [0.3, 0.4) is 0 Å². The molecule has 0 aliphatic carbocycles. The van der Waals surface area contributed by atoms with Gasteiger partial charge in [-0.3, -0.25) is 0 Å². The van der Waals surface area contributed by atoms with Crippen molar-refractivity contribution >= 4 is 114 Å². The van der Waals surface area contributed by atoms with E-state index < -0.39 is 0 Å². The highest BCUT2D eigenvalue weighted by atomic mass is 15.0. The van der Waals surface area contributed by atoms with E-state index >= 15 is 0 Å². The molecule has 0 radical (unpaired) electrons. The summed E-state index contributed by atoms with van der Waals surface area (Å²) in [6.07, 6.45) is 0. The fourth-order valence-corrected chi connectivity index (χ4v) is 12.2. The zero-order chi connectivity index (χ0) is 43.5. The molecule has 0 fully saturated rings. The average molecular weight is 848 g/mol. The van der Waals surface area contributed by atoms with E-state index in [9.17, 15) is 0 Å². The number of rotatable bonds is 4. The zero-order valence-electron chi connectivity index (χ0n) is 36.2. The molecule has 4 heterocycles. The summed E-state index contributed by atoms with van der Waals surface area (Å²) in [4.78, 5) is 0. The maximum Gasteiger partial charge on any atom is 0.0622 e. The van der Waals surface area contributed by atoms with Gasteiger partial charge in [-0.1, -0.05) is 127 Å². The molecule has 4 aromatic heterocycles. The third-order valence-corrected chi connectivity index (χ3v) is 15.0. The second-order valence-corrected chi connectivity index (χ2v) is 18.5. The van der Waals surface area contributed by atoms with Crippen molar-refractivity contribution in [2.24, 2.45) is 0 Å². The molecule has 12 aromatic carbocycles. The molecule has 0 unspecified atom stereocenters. The van der Waals surface area contributed by atoms with Crippen molar-refractivity contribution in [1.29, 1.82) is 0 Å². The lowest BCUT2D eigenvalue weighted by Crippen LogP contribution is -1.94. The minimum absolute atomic E-state index is 1.18. The van der Waals surface area contributed by atoms with Crippen LogP contribution in [0.5, 0.6) is 0 Å². The van der Waals surface area contributed by atoms with Gasteiger partial charge in [-0.15, -0.1) is 0 Å². The van der Waals surface area contributed by atoms with E-state index in [4.69, 9.17) is 0 Å². The van der Waals surface area contributed by atoms with Crippen LogP contribution in [0.4, 0.5) is 0 Å². The largest absolute Gasteiger partial charge is 0.309 e. The lowest BCUT2D eigenvalue weighted by molar-refractivity contribution is 1.18. The van der Waals surface area contributed by atoms with Crippen LogP contribution in [0.2, 0.25) is 0 Å². The number of hydrogen-bond donors (Lipinski definition) is 0. The van der Waals surface area contributed by atoms with Gasteiger partial charge in [0.2, 0.25) is 0 Å². The summed E-state index contributed by atoms with van der Waals surface area (Å²) in [5.74, 6) is 0. The first kappa shape index (κ1) is 35.4. The Bertz CT molecular complexity index is 4580. The third-order valence-electron chi connectivity index (χ3n) is 15.0. The first-order valence-corrected chi connectivity index (χ1v) is 23.2. The van der Waals surface area contributed by atoms with Gasteiger partial charge < -0.3 is 13.5 Å². The van der Waals surface area contributed by atoms with Crippen molar-refractivity contribution in [3.05, 3.63) is 224 Å². The Morgan fingerprint density at radius 2 is 0.597 bits per heavy atom. The maximum absolute atomic E-state index is 2.48. The fourth-order valence-electron chi connectivity index (χ4n) is 12.2. The van der Waals surface area contributed by atoms with Crippen LogP contribution in [0, 0.1) is 0 Å². The van der Waals surface area contributed by atoms with Gasteiger partial charge in [0.15, 0.2) is 0 Å². The Morgan fingerprint density at radius 1 is 0.224 bits per heavy atom. The molecule has 3 nitrogen and oxygen atoms in total. The van der Waals surface area contributed by atoms with Crippen molar-refractivity contribution in [2.45, 2.75) is 0 Å². The molecule has 0 saturated carbocycles. The molecule has 0 amide bonds. The van der Waals surface area contributed by atoms with E-state index in [2.05, 4.69) is 238 Å².